The lowest BCUT2D eigenvalue weighted by molar-refractivity contribution is -0.139. The fourth-order valence-corrected chi connectivity index (χ4v) is 1.47. The van der Waals surface area contributed by atoms with Gasteiger partial charge >= 0.3 is 5.97 Å². The molecule has 0 bridgehead atoms. The molecule has 102 valence electrons. The van der Waals surface area contributed by atoms with Crippen molar-refractivity contribution in [3.05, 3.63) is 30.1 Å². The van der Waals surface area contributed by atoms with E-state index < -0.39 is 17.9 Å². The highest BCUT2D eigenvalue weighted by atomic mass is 16.4. The quantitative estimate of drug-likeness (QED) is 0.766. The molecular formula is C13H16N2O4. The van der Waals surface area contributed by atoms with Crippen LogP contribution in [-0.4, -0.2) is 33.8 Å². The van der Waals surface area contributed by atoms with Gasteiger partial charge in [-0.3, -0.25) is 14.6 Å². The summed E-state index contributed by atoms with van der Waals surface area (Å²) in [6.07, 6.45) is 2.03. The molecule has 6 nitrogen and oxygen atoms in total. The predicted octanol–water partition coefficient (Wildman–Crippen LogP) is 1.02. The van der Waals surface area contributed by atoms with Crippen LogP contribution in [0.25, 0.3) is 0 Å². The Labute approximate surface area is 110 Å². The average molecular weight is 264 g/mol. The van der Waals surface area contributed by atoms with Crippen LogP contribution < -0.4 is 5.32 Å². The highest BCUT2D eigenvalue weighted by Crippen LogP contribution is 2.03. The molecule has 0 unspecified atom stereocenters. The van der Waals surface area contributed by atoms with Gasteiger partial charge in [0.15, 0.2) is 0 Å². The number of rotatable bonds is 7. The second-order valence-corrected chi connectivity index (χ2v) is 4.01. The molecule has 0 aliphatic heterocycles. The smallest absolute Gasteiger partial charge is 0.326 e. The van der Waals surface area contributed by atoms with Crippen LogP contribution in [-0.2, 0) is 9.59 Å². The van der Waals surface area contributed by atoms with Crippen LogP contribution in [0.15, 0.2) is 24.4 Å². The number of hydrogen-bond acceptors (Lipinski definition) is 4. The first-order chi connectivity index (χ1) is 9.04. The first kappa shape index (κ1) is 14.8. The van der Waals surface area contributed by atoms with Crippen LogP contribution in [0.4, 0.5) is 0 Å². The number of carbonyl (C=O) groups is 3. The molecule has 0 spiro atoms. The van der Waals surface area contributed by atoms with Gasteiger partial charge in [0.25, 0.3) is 5.91 Å². The van der Waals surface area contributed by atoms with Crippen molar-refractivity contribution in [2.75, 3.05) is 0 Å². The maximum Gasteiger partial charge on any atom is 0.326 e. The summed E-state index contributed by atoms with van der Waals surface area (Å²) in [5.74, 6) is -1.75. The summed E-state index contributed by atoms with van der Waals surface area (Å²) in [6, 6.07) is 3.71. The maximum atomic E-state index is 11.8. The molecule has 6 heteroatoms. The van der Waals surface area contributed by atoms with E-state index in [9.17, 15) is 14.4 Å². The van der Waals surface area contributed by atoms with Crippen LogP contribution >= 0.6 is 0 Å². The number of Topliss-reactive ketones (excluding diaryl/α,β-unsaturated/α-hetero) is 1. The molecule has 1 heterocycles. The number of amides is 1. The van der Waals surface area contributed by atoms with Crippen LogP contribution in [0.5, 0.6) is 0 Å². The van der Waals surface area contributed by atoms with Gasteiger partial charge in [-0.1, -0.05) is 13.0 Å². The Hall–Kier alpha value is -2.24. The monoisotopic (exact) mass is 264 g/mol. The zero-order valence-electron chi connectivity index (χ0n) is 10.6. The first-order valence-electron chi connectivity index (χ1n) is 6.01. The number of ketones is 1. The van der Waals surface area contributed by atoms with Gasteiger partial charge in [0.05, 0.1) is 0 Å². The highest BCUT2D eigenvalue weighted by molar-refractivity contribution is 5.95. The minimum atomic E-state index is -1.16. The third-order valence-corrected chi connectivity index (χ3v) is 2.61. The zero-order valence-corrected chi connectivity index (χ0v) is 10.6. The fourth-order valence-electron chi connectivity index (χ4n) is 1.47. The molecule has 0 saturated heterocycles. The average Bonchev–Trinajstić information content (AvgIpc) is 2.43. The molecular weight excluding hydrogens is 248 g/mol. The minimum Gasteiger partial charge on any atom is -0.480 e. The lowest BCUT2D eigenvalue weighted by Crippen LogP contribution is -2.41. The van der Waals surface area contributed by atoms with Crippen molar-refractivity contribution in [1.82, 2.24) is 10.3 Å². The molecule has 0 aliphatic rings. The van der Waals surface area contributed by atoms with Crippen molar-refractivity contribution >= 4 is 17.7 Å². The molecule has 0 aromatic carbocycles. The van der Waals surface area contributed by atoms with E-state index in [1.54, 1.807) is 19.1 Å². The Balaban J connectivity index is 2.61. The van der Waals surface area contributed by atoms with E-state index in [4.69, 9.17) is 5.11 Å². The largest absolute Gasteiger partial charge is 0.480 e. The van der Waals surface area contributed by atoms with E-state index in [1.807, 2.05) is 0 Å². The molecule has 0 fully saturated rings. The van der Waals surface area contributed by atoms with Gasteiger partial charge < -0.3 is 10.4 Å². The van der Waals surface area contributed by atoms with E-state index >= 15 is 0 Å². The minimum absolute atomic E-state index is 0.0293. The van der Waals surface area contributed by atoms with Gasteiger partial charge in [-0.05, 0) is 18.6 Å². The van der Waals surface area contributed by atoms with Crippen molar-refractivity contribution in [1.29, 1.82) is 0 Å². The van der Waals surface area contributed by atoms with Crippen LogP contribution in [0.3, 0.4) is 0 Å². The van der Waals surface area contributed by atoms with E-state index in [1.165, 1.54) is 12.3 Å². The topological polar surface area (TPSA) is 96.4 Å². The summed E-state index contributed by atoms with van der Waals surface area (Å²) in [5, 5.41) is 11.4. The Kier molecular flexibility index (Phi) is 5.66. The van der Waals surface area contributed by atoms with Gasteiger partial charge in [0.2, 0.25) is 0 Å². The molecule has 2 N–H and O–H groups in total. The van der Waals surface area contributed by atoms with Crippen LogP contribution in [0.1, 0.15) is 36.7 Å². The van der Waals surface area contributed by atoms with Crippen molar-refractivity contribution < 1.29 is 19.5 Å². The summed E-state index contributed by atoms with van der Waals surface area (Å²) >= 11 is 0. The molecule has 1 rings (SSSR count). The molecule has 1 aromatic rings. The lowest BCUT2D eigenvalue weighted by Gasteiger charge is -2.13. The number of hydrogen-bond donors (Lipinski definition) is 2. The van der Waals surface area contributed by atoms with Crippen molar-refractivity contribution in [3.8, 4) is 0 Å². The predicted molar refractivity (Wildman–Crippen MR) is 67.7 cm³/mol. The van der Waals surface area contributed by atoms with E-state index in [-0.39, 0.29) is 24.3 Å². The van der Waals surface area contributed by atoms with Gasteiger partial charge in [-0.25, -0.2) is 4.79 Å². The summed E-state index contributed by atoms with van der Waals surface area (Å²) in [4.78, 5) is 37.8. The first-order valence-corrected chi connectivity index (χ1v) is 6.01. The number of carboxylic acid groups (broad SMARTS) is 1. The Morgan fingerprint density at radius 3 is 2.63 bits per heavy atom. The van der Waals surface area contributed by atoms with E-state index in [2.05, 4.69) is 10.3 Å². The number of carbonyl (C=O) groups excluding carboxylic acids is 2. The number of aromatic nitrogens is 1. The normalized spacial score (nSPS) is 11.6. The fraction of sp³-hybridized carbons (Fsp3) is 0.385. The molecule has 0 aliphatic carbocycles. The molecule has 1 amide bonds. The summed E-state index contributed by atoms with van der Waals surface area (Å²) in [5.41, 5.74) is 0.149. The zero-order chi connectivity index (χ0) is 14.3. The molecule has 1 atom stereocenters. The Morgan fingerprint density at radius 1 is 1.37 bits per heavy atom. The third-order valence-electron chi connectivity index (χ3n) is 2.61. The highest BCUT2D eigenvalue weighted by Gasteiger charge is 2.21. The second kappa shape index (κ2) is 7.25. The standard InChI is InChI=1S/C13H16N2O4/c1-2-9(16)6-7-11(13(18)19)15-12(17)10-5-3-4-8-14-10/h3-5,8,11H,2,6-7H2,1H3,(H,15,17)(H,18,19)/t11-/m0/s1. The summed E-state index contributed by atoms with van der Waals surface area (Å²) in [7, 11) is 0. The van der Waals surface area contributed by atoms with Crippen molar-refractivity contribution in [2.24, 2.45) is 0 Å². The van der Waals surface area contributed by atoms with E-state index in [0.29, 0.717) is 6.42 Å². The molecule has 0 radical (unpaired) electrons. The summed E-state index contributed by atoms with van der Waals surface area (Å²) in [6.45, 7) is 1.71. The SMILES string of the molecule is CCC(=O)CC[C@H](NC(=O)c1ccccn1)C(=O)O. The van der Waals surface area contributed by atoms with Crippen LogP contribution in [0.2, 0.25) is 0 Å². The Morgan fingerprint density at radius 2 is 2.11 bits per heavy atom. The number of aliphatic carboxylic acids is 1. The van der Waals surface area contributed by atoms with Gasteiger partial charge in [-0.2, -0.15) is 0 Å². The van der Waals surface area contributed by atoms with Crippen molar-refractivity contribution in [2.45, 2.75) is 32.2 Å². The molecule has 0 saturated carbocycles. The Bertz CT molecular complexity index is 459. The van der Waals surface area contributed by atoms with Gasteiger partial charge in [-0.15, -0.1) is 0 Å². The van der Waals surface area contributed by atoms with Crippen LogP contribution in [0, 0.1) is 0 Å². The number of nitrogens with zero attached hydrogens (tertiary/aromatic N) is 1. The van der Waals surface area contributed by atoms with Gasteiger partial charge in [0.1, 0.15) is 17.5 Å². The third kappa shape index (κ3) is 4.87. The molecule has 1 aromatic heterocycles. The number of nitrogens with one attached hydrogen (secondary N) is 1. The van der Waals surface area contributed by atoms with Crippen molar-refractivity contribution in [3.63, 3.8) is 0 Å². The van der Waals surface area contributed by atoms with Gasteiger partial charge in [0, 0.05) is 19.0 Å². The lowest BCUT2D eigenvalue weighted by atomic mass is 10.1. The summed E-state index contributed by atoms with van der Waals surface area (Å²) < 4.78 is 0. The maximum absolute atomic E-state index is 11.8. The number of pyridine rings is 1. The second-order valence-electron chi connectivity index (χ2n) is 4.01. The van der Waals surface area contributed by atoms with E-state index in [0.717, 1.165) is 0 Å². The number of carboxylic acids is 1. The molecule has 19 heavy (non-hydrogen) atoms.